The summed E-state index contributed by atoms with van der Waals surface area (Å²) in [6, 6.07) is 17.4. The van der Waals surface area contributed by atoms with Gasteiger partial charge in [-0.1, -0.05) is 94.6 Å². The molecule has 1 heterocycles. The third-order valence-corrected chi connectivity index (χ3v) is 17.4. The van der Waals surface area contributed by atoms with E-state index in [1.807, 2.05) is 0 Å². The van der Waals surface area contributed by atoms with Crippen LogP contribution in [0.25, 0.3) is 5.32 Å². The number of hydrogen-bond acceptors (Lipinski definition) is 2. The predicted octanol–water partition coefficient (Wildman–Crippen LogP) is 11.0. The third kappa shape index (κ3) is 6.10. The number of anilines is 2. The van der Waals surface area contributed by atoms with Crippen molar-refractivity contribution in [3.05, 3.63) is 85.6 Å². The Morgan fingerprint density at radius 2 is 1.34 bits per heavy atom. The molecule has 0 aromatic heterocycles. The second-order valence-corrected chi connectivity index (χ2v) is 24.2. The van der Waals surface area contributed by atoms with E-state index in [1.54, 1.807) is 0 Å². The van der Waals surface area contributed by atoms with Gasteiger partial charge in [0.1, 0.15) is 0 Å². The minimum atomic E-state index is -2.02. The zero-order chi connectivity index (χ0) is 27.0. The summed E-state index contributed by atoms with van der Waals surface area (Å²) in [6.07, 6.45) is 10.8. The fourth-order valence-corrected chi connectivity index (χ4v) is 11.4. The second-order valence-electron chi connectivity index (χ2n) is 12.3. The Morgan fingerprint density at radius 1 is 0.868 bits per heavy atom. The van der Waals surface area contributed by atoms with Crippen molar-refractivity contribution >= 4 is 57.9 Å². The molecule has 2 aliphatic carbocycles. The Labute approximate surface area is 249 Å². The number of allylic oxidation sites excluding steroid dienone is 3. The van der Waals surface area contributed by atoms with Gasteiger partial charge in [0.05, 0.1) is 6.10 Å². The van der Waals surface area contributed by atoms with E-state index in [-0.39, 0.29) is 12.5 Å². The zero-order valence-corrected chi connectivity index (χ0v) is 29.1. The maximum absolute atomic E-state index is 7.12. The van der Waals surface area contributed by atoms with Crippen molar-refractivity contribution < 1.29 is 21.5 Å². The average molecular weight is 622 g/mol. The van der Waals surface area contributed by atoms with Crippen molar-refractivity contribution in [1.29, 1.82) is 0 Å². The number of nitrogens with zero attached hydrogens (tertiary/aromatic N) is 2. The van der Waals surface area contributed by atoms with E-state index in [0.717, 1.165) is 17.8 Å². The molecule has 4 atom stereocenters. The van der Waals surface area contributed by atoms with Gasteiger partial charge in [0.2, 0.25) is 0 Å². The Kier molecular flexibility index (Phi) is 10.3. The standard InChI is InChI=1S/C29H39N2OSi2.CH3.2ClH.Ti/c1-29(2,3)34(6,7)32-27-20-28(22-15-9-8-14-21(22)27)33(4,5)31-25-18-12-10-16-23(25)30-24-17-11-13-19-26(24)31;;;;/h8-19,21-22,27-28H,20H2,1-7H3;1H3;2*1H;/q2*-1;;;+2/p-2/t21-,22+,27+,28?;;;;/m1..../s1. The van der Waals surface area contributed by atoms with Crippen LogP contribution in [-0.2, 0) is 21.5 Å². The number of fused-ring (bicyclic) bond motifs is 3. The molecule has 1 fully saturated rings. The van der Waals surface area contributed by atoms with Crippen LogP contribution < -0.4 is 4.57 Å². The Bertz CT molecular complexity index is 1120. The predicted molar refractivity (Wildman–Crippen MR) is 169 cm³/mol. The van der Waals surface area contributed by atoms with Crippen LogP contribution in [0.15, 0.2) is 72.8 Å². The van der Waals surface area contributed by atoms with Gasteiger partial charge in [-0.25, -0.2) is 0 Å². The number of para-hydroxylation sites is 4. The van der Waals surface area contributed by atoms with Gasteiger partial charge in [-0.05, 0) is 48.1 Å². The van der Waals surface area contributed by atoms with Crippen molar-refractivity contribution in [3.63, 3.8) is 0 Å². The Balaban J connectivity index is 0.000000956. The third-order valence-electron chi connectivity index (χ3n) is 8.82. The number of hydrogen-bond donors (Lipinski definition) is 0. The fourth-order valence-electron chi connectivity index (χ4n) is 5.96. The molecular formula is C30H42Cl2N2OSi2Ti-2. The van der Waals surface area contributed by atoms with Crippen LogP contribution in [-0.4, -0.2) is 22.7 Å². The van der Waals surface area contributed by atoms with Crippen LogP contribution in [0.4, 0.5) is 22.7 Å². The Morgan fingerprint density at radius 3 is 1.84 bits per heavy atom. The molecule has 0 spiro atoms. The van der Waals surface area contributed by atoms with Gasteiger partial charge in [0, 0.05) is 17.3 Å². The molecule has 2 aromatic carbocycles. The SMILES string of the molecule is CC(C)(C)[Si](C)(C)O[C@H]1CC([Si](C)(C)N2c3ccccc3[N-]c3ccccc32)[C@H]2C=CC=C[C@@H]12.[CH3-].[Cl][Ti][Cl]. The van der Waals surface area contributed by atoms with Gasteiger partial charge in [0.15, 0.2) is 16.6 Å². The van der Waals surface area contributed by atoms with Gasteiger partial charge < -0.3 is 21.7 Å². The van der Waals surface area contributed by atoms with Crippen LogP contribution >= 0.6 is 18.6 Å². The number of benzene rings is 2. The van der Waals surface area contributed by atoms with E-state index in [0.29, 0.717) is 23.5 Å². The zero-order valence-electron chi connectivity index (χ0n) is 24.0. The summed E-state index contributed by atoms with van der Waals surface area (Å²) in [7, 11) is 5.90. The van der Waals surface area contributed by atoms with E-state index in [2.05, 4.69) is 124 Å². The molecule has 3 nitrogen and oxygen atoms in total. The summed E-state index contributed by atoms with van der Waals surface area (Å²) in [4.78, 5) is 0. The fraction of sp³-hybridized carbons (Fsp3) is 0.433. The average Bonchev–Trinajstić information content (AvgIpc) is 3.21. The molecule has 3 aliphatic rings. The molecular weight excluding hydrogens is 579 g/mol. The van der Waals surface area contributed by atoms with E-state index < -0.39 is 33.6 Å². The number of rotatable bonds is 4. The molecule has 2 aromatic rings. The van der Waals surface area contributed by atoms with Crippen molar-refractivity contribution in [2.24, 2.45) is 11.8 Å². The van der Waals surface area contributed by atoms with Crippen LogP contribution in [0.5, 0.6) is 0 Å². The molecule has 1 saturated carbocycles. The van der Waals surface area contributed by atoms with Crippen molar-refractivity contribution in [2.75, 3.05) is 4.57 Å². The summed E-state index contributed by atoms with van der Waals surface area (Å²) < 4.78 is 9.82. The minimum absolute atomic E-state index is 0. The first-order valence-corrected chi connectivity index (χ1v) is 23.3. The van der Waals surface area contributed by atoms with Gasteiger partial charge >= 0.3 is 35.6 Å². The molecule has 1 unspecified atom stereocenters. The van der Waals surface area contributed by atoms with Crippen LogP contribution in [0, 0.1) is 19.3 Å². The quantitative estimate of drug-likeness (QED) is 0.251. The summed E-state index contributed by atoms with van der Waals surface area (Å²) in [5.74, 6) is 0.996. The molecule has 0 radical (unpaired) electrons. The summed E-state index contributed by atoms with van der Waals surface area (Å²) in [6.45, 7) is 17.0. The molecule has 206 valence electrons. The van der Waals surface area contributed by atoms with Gasteiger partial charge in [-0.3, -0.25) is 0 Å². The maximum atomic E-state index is 7.12. The van der Waals surface area contributed by atoms with E-state index in [9.17, 15) is 0 Å². The van der Waals surface area contributed by atoms with E-state index >= 15 is 0 Å². The first kappa shape index (κ1) is 31.7. The molecule has 0 bridgehead atoms. The van der Waals surface area contributed by atoms with E-state index in [1.165, 1.54) is 11.4 Å². The summed E-state index contributed by atoms with van der Waals surface area (Å²) in [5.41, 5.74) is 5.29. The normalized spacial score (nSPS) is 23.7. The molecule has 0 amide bonds. The molecule has 5 rings (SSSR count). The summed E-state index contributed by atoms with van der Waals surface area (Å²) in [5, 5.41) is 5.22. The first-order chi connectivity index (χ1) is 17.4. The molecule has 0 saturated heterocycles. The molecule has 8 heteroatoms. The Hall–Kier alpha value is -0.792. The second kappa shape index (κ2) is 12.4. The van der Waals surface area contributed by atoms with E-state index in [4.69, 9.17) is 28.4 Å². The van der Waals surface area contributed by atoms with Crippen molar-refractivity contribution in [2.45, 2.75) is 70.1 Å². The van der Waals surface area contributed by atoms with Crippen LogP contribution in [0.2, 0.25) is 36.8 Å². The number of halogens is 2. The molecule has 38 heavy (non-hydrogen) atoms. The van der Waals surface area contributed by atoms with Crippen LogP contribution in [0.3, 0.4) is 0 Å². The summed E-state index contributed by atoms with van der Waals surface area (Å²) >= 11 is -0.556. The topological polar surface area (TPSA) is 26.6 Å². The van der Waals surface area contributed by atoms with Gasteiger partial charge in [-0.15, -0.1) is 11.4 Å². The monoisotopic (exact) mass is 620 g/mol. The van der Waals surface area contributed by atoms with Crippen molar-refractivity contribution in [3.8, 4) is 0 Å². The van der Waals surface area contributed by atoms with Gasteiger partial charge in [0.25, 0.3) is 0 Å². The van der Waals surface area contributed by atoms with Crippen LogP contribution in [0.1, 0.15) is 27.2 Å². The molecule has 1 aliphatic heterocycles. The van der Waals surface area contributed by atoms with Crippen molar-refractivity contribution in [1.82, 2.24) is 0 Å². The first-order valence-electron chi connectivity index (χ1n) is 13.1. The molecule has 0 N–H and O–H groups in total. The van der Waals surface area contributed by atoms with Gasteiger partial charge in [-0.2, -0.15) is 0 Å².